The van der Waals surface area contributed by atoms with Crippen LogP contribution in [0.25, 0.3) is 0 Å². The molecule has 0 aromatic heterocycles. The third-order valence-electron chi connectivity index (χ3n) is 2.43. The van der Waals surface area contributed by atoms with E-state index in [1.54, 1.807) is 42.5 Å². The monoisotopic (exact) mass is 275 g/mol. The van der Waals surface area contributed by atoms with Crippen LogP contribution in [0.3, 0.4) is 0 Å². The van der Waals surface area contributed by atoms with E-state index in [0.29, 0.717) is 27.8 Å². The molecule has 0 atom stereocenters. The number of hydrogen-bond donors (Lipinski definition) is 1. The molecule has 0 aliphatic rings. The van der Waals surface area contributed by atoms with Gasteiger partial charge >= 0.3 is 0 Å². The molecule has 0 radical (unpaired) electrons. The van der Waals surface area contributed by atoms with Crippen molar-refractivity contribution in [2.75, 3.05) is 0 Å². The zero-order valence-corrected chi connectivity index (χ0v) is 10.6. The zero-order chi connectivity index (χ0) is 13.7. The Labute approximate surface area is 114 Å². The highest BCUT2D eigenvalue weighted by atomic mass is 35.5. The molecule has 0 heterocycles. The third-order valence-corrected chi connectivity index (χ3v) is 2.68. The molecule has 0 bridgehead atoms. The molecule has 0 saturated heterocycles. The summed E-state index contributed by atoms with van der Waals surface area (Å²) in [6, 6.07) is 11.7. The van der Waals surface area contributed by atoms with Gasteiger partial charge in [-0.05, 0) is 42.5 Å². The molecule has 0 aliphatic carbocycles. The van der Waals surface area contributed by atoms with E-state index >= 15 is 0 Å². The van der Waals surface area contributed by atoms with Crippen molar-refractivity contribution in [3.05, 3.63) is 53.1 Å². The average molecular weight is 276 g/mol. The summed E-state index contributed by atoms with van der Waals surface area (Å²) in [5.41, 5.74) is 0.953. The number of aliphatic imine (C=N–C) groups is 1. The van der Waals surface area contributed by atoms with Crippen molar-refractivity contribution in [2.45, 2.75) is 6.61 Å². The molecule has 96 valence electrons. The van der Waals surface area contributed by atoms with Crippen LogP contribution in [0, 0.1) is 0 Å². The standard InChI is InChI=1S/C14H10ClNO3/c15-11-1-4-13(5-2-11)19-14-6-3-12(16-9-18)7-10(14)8-17/h1-7,17H,8H2. The Morgan fingerprint density at radius 2 is 1.95 bits per heavy atom. The van der Waals surface area contributed by atoms with Crippen molar-refractivity contribution >= 4 is 23.4 Å². The van der Waals surface area contributed by atoms with E-state index in [-0.39, 0.29) is 6.61 Å². The Bertz CT molecular complexity index is 619. The summed E-state index contributed by atoms with van der Waals surface area (Å²) in [6.07, 6.45) is 1.45. The normalized spacial score (nSPS) is 9.79. The quantitative estimate of drug-likeness (QED) is 0.685. The molecule has 4 nitrogen and oxygen atoms in total. The molecular weight excluding hydrogens is 266 g/mol. The maximum atomic E-state index is 10.2. The van der Waals surface area contributed by atoms with Crippen LogP contribution in [-0.4, -0.2) is 11.2 Å². The van der Waals surface area contributed by atoms with Gasteiger partial charge in [0.25, 0.3) is 0 Å². The molecule has 2 aromatic rings. The summed E-state index contributed by atoms with van der Waals surface area (Å²) in [5.74, 6) is 1.10. The van der Waals surface area contributed by atoms with Gasteiger partial charge in [-0.1, -0.05) is 11.6 Å². The number of halogens is 1. The van der Waals surface area contributed by atoms with Crippen molar-refractivity contribution in [2.24, 2.45) is 4.99 Å². The lowest BCUT2D eigenvalue weighted by atomic mass is 10.2. The lowest BCUT2D eigenvalue weighted by Crippen LogP contribution is -1.91. The molecule has 2 rings (SSSR count). The first kappa shape index (κ1) is 13.3. The van der Waals surface area contributed by atoms with E-state index in [1.165, 1.54) is 6.08 Å². The number of carbonyl (C=O) groups excluding carboxylic acids is 1. The fraction of sp³-hybridized carbons (Fsp3) is 0.0714. The van der Waals surface area contributed by atoms with E-state index < -0.39 is 0 Å². The molecular formula is C14H10ClNO3. The lowest BCUT2D eigenvalue weighted by Gasteiger charge is -2.10. The Morgan fingerprint density at radius 1 is 1.21 bits per heavy atom. The maximum Gasteiger partial charge on any atom is 0.240 e. The smallest absolute Gasteiger partial charge is 0.240 e. The molecule has 1 N–H and O–H groups in total. The van der Waals surface area contributed by atoms with Gasteiger partial charge in [0, 0.05) is 10.6 Å². The van der Waals surface area contributed by atoms with Crippen molar-refractivity contribution in [3.63, 3.8) is 0 Å². The third kappa shape index (κ3) is 3.42. The molecule has 0 fully saturated rings. The SMILES string of the molecule is O=C=Nc1ccc(Oc2ccc(Cl)cc2)c(CO)c1. The predicted octanol–water partition coefficient (Wildman–Crippen LogP) is 3.59. The van der Waals surface area contributed by atoms with Gasteiger partial charge in [-0.15, -0.1) is 0 Å². The summed E-state index contributed by atoms with van der Waals surface area (Å²) >= 11 is 5.78. The summed E-state index contributed by atoms with van der Waals surface area (Å²) in [7, 11) is 0. The van der Waals surface area contributed by atoms with Gasteiger partial charge < -0.3 is 9.84 Å². The molecule has 0 amide bonds. The van der Waals surface area contributed by atoms with Crippen molar-refractivity contribution in [1.29, 1.82) is 0 Å². The number of ether oxygens (including phenoxy) is 1. The van der Waals surface area contributed by atoms with Gasteiger partial charge in [-0.3, -0.25) is 0 Å². The highest BCUT2D eigenvalue weighted by Crippen LogP contribution is 2.29. The minimum absolute atomic E-state index is 0.217. The van der Waals surface area contributed by atoms with Crippen molar-refractivity contribution in [3.8, 4) is 11.5 Å². The number of aliphatic hydroxyl groups is 1. The van der Waals surface area contributed by atoms with E-state index in [1.807, 2.05) is 0 Å². The number of hydrogen-bond acceptors (Lipinski definition) is 4. The van der Waals surface area contributed by atoms with Crippen LogP contribution in [0.2, 0.25) is 5.02 Å². The lowest BCUT2D eigenvalue weighted by molar-refractivity contribution is 0.276. The van der Waals surface area contributed by atoms with E-state index in [0.717, 1.165) is 0 Å². The van der Waals surface area contributed by atoms with Gasteiger partial charge in [0.15, 0.2) is 0 Å². The Balaban J connectivity index is 2.29. The van der Waals surface area contributed by atoms with Crippen LogP contribution >= 0.6 is 11.6 Å². The second-order valence-corrected chi connectivity index (χ2v) is 4.15. The summed E-state index contributed by atoms with van der Waals surface area (Å²) in [5, 5.41) is 9.91. The van der Waals surface area contributed by atoms with E-state index in [2.05, 4.69) is 4.99 Å². The number of rotatable bonds is 4. The van der Waals surface area contributed by atoms with Gasteiger partial charge in [0.05, 0.1) is 12.3 Å². The topological polar surface area (TPSA) is 58.9 Å². The van der Waals surface area contributed by atoms with E-state index in [9.17, 15) is 9.90 Å². The molecule has 0 spiro atoms. The molecule has 0 saturated carbocycles. The number of aliphatic hydroxyl groups excluding tert-OH is 1. The van der Waals surface area contributed by atoms with Crippen molar-refractivity contribution in [1.82, 2.24) is 0 Å². The van der Waals surface area contributed by atoms with Gasteiger partial charge in [-0.25, -0.2) is 4.79 Å². The number of isocyanates is 1. The Hall–Kier alpha value is -2.13. The van der Waals surface area contributed by atoms with Crippen molar-refractivity contribution < 1.29 is 14.6 Å². The zero-order valence-electron chi connectivity index (χ0n) is 9.84. The largest absolute Gasteiger partial charge is 0.457 e. The Kier molecular flexibility index (Phi) is 4.31. The highest BCUT2D eigenvalue weighted by Gasteiger charge is 2.06. The Morgan fingerprint density at radius 3 is 2.58 bits per heavy atom. The minimum Gasteiger partial charge on any atom is -0.457 e. The van der Waals surface area contributed by atoms with E-state index in [4.69, 9.17) is 16.3 Å². The second kappa shape index (κ2) is 6.16. The molecule has 0 aliphatic heterocycles. The fourth-order valence-corrected chi connectivity index (χ4v) is 1.67. The highest BCUT2D eigenvalue weighted by molar-refractivity contribution is 6.30. The molecule has 19 heavy (non-hydrogen) atoms. The second-order valence-electron chi connectivity index (χ2n) is 3.71. The number of nitrogens with zero attached hydrogens (tertiary/aromatic N) is 1. The van der Waals surface area contributed by atoms with Crippen LogP contribution in [0.1, 0.15) is 5.56 Å². The summed E-state index contributed by atoms with van der Waals surface area (Å²) in [4.78, 5) is 13.7. The fourth-order valence-electron chi connectivity index (χ4n) is 1.54. The molecule has 2 aromatic carbocycles. The first-order chi connectivity index (χ1) is 9.22. The predicted molar refractivity (Wildman–Crippen MR) is 71.7 cm³/mol. The molecule has 5 heteroatoms. The van der Waals surface area contributed by atoms with Gasteiger partial charge in [0.2, 0.25) is 6.08 Å². The minimum atomic E-state index is -0.217. The van der Waals surface area contributed by atoms with Crippen LogP contribution in [0.15, 0.2) is 47.5 Å². The first-order valence-corrected chi connectivity index (χ1v) is 5.86. The van der Waals surface area contributed by atoms with Crippen LogP contribution < -0.4 is 4.74 Å². The number of benzene rings is 2. The van der Waals surface area contributed by atoms with Crippen LogP contribution in [0.4, 0.5) is 5.69 Å². The van der Waals surface area contributed by atoms with Crippen LogP contribution in [-0.2, 0) is 11.4 Å². The summed E-state index contributed by atoms with van der Waals surface area (Å²) < 4.78 is 5.63. The van der Waals surface area contributed by atoms with Crippen LogP contribution in [0.5, 0.6) is 11.5 Å². The maximum absolute atomic E-state index is 10.2. The molecule has 0 unspecified atom stereocenters. The average Bonchev–Trinajstić information content (AvgIpc) is 2.43. The summed E-state index contributed by atoms with van der Waals surface area (Å²) in [6.45, 7) is -0.217. The first-order valence-electron chi connectivity index (χ1n) is 5.48. The van der Waals surface area contributed by atoms with Gasteiger partial charge in [-0.2, -0.15) is 4.99 Å². The van der Waals surface area contributed by atoms with Gasteiger partial charge in [0.1, 0.15) is 11.5 Å².